The Morgan fingerprint density at radius 1 is 0.846 bits per heavy atom. The lowest BCUT2D eigenvalue weighted by atomic mass is 9.91. The first kappa shape index (κ1) is 47.6. The first-order valence-electron chi connectivity index (χ1n) is 22.0. The number of nitrogens with zero attached hydrogens (tertiary/aromatic N) is 5. The third kappa shape index (κ3) is 11.3. The number of carbonyl (C=O) groups excluding carboxylic acids is 8. The van der Waals surface area contributed by atoms with Gasteiger partial charge >= 0.3 is 5.97 Å². The molecule has 0 radical (unpaired) electrons. The van der Waals surface area contributed by atoms with Crippen LogP contribution in [0.1, 0.15) is 80.0 Å². The number of pyridine rings is 1. The molecule has 3 aromatic rings. The highest BCUT2D eigenvalue weighted by molar-refractivity contribution is 6.00. The van der Waals surface area contributed by atoms with E-state index in [0.29, 0.717) is 12.8 Å². The second-order valence-corrected chi connectivity index (χ2v) is 17.0. The van der Waals surface area contributed by atoms with Crippen LogP contribution < -0.4 is 20.9 Å². The van der Waals surface area contributed by atoms with Crippen molar-refractivity contribution >= 4 is 52.9 Å². The Morgan fingerprint density at radius 2 is 1.55 bits per heavy atom. The minimum absolute atomic E-state index is 0.00950. The number of nitrogens with one attached hydrogen (secondary N) is 3. The third-order valence-electron chi connectivity index (χ3n) is 12.3. The van der Waals surface area contributed by atoms with Gasteiger partial charge in [0.1, 0.15) is 41.8 Å². The summed E-state index contributed by atoms with van der Waals surface area (Å²) in [5.74, 6) is -6.51. The topological polar surface area (TPSA) is 228 Å². The van der Waals surface area contributed by atoms with Gasteiger partial charge in [-0.15, -0.1) is 0 Å². The summed E-state index contributed by atoms with van der Waals surface area (Å²) in [6.07, 6.45) is 0.897. The number of likely N-dealkylation sites (N-methyl/N-ethyl adjacent to an activating group) is 1. The summed E-state index contributed by atoms with van der Waals surface area (Å²) < 4.78 is 5.88. The van der Waals surface area contributed by atoms with Crippen molar-refractivity contribution in [3.05, 3.63) is 89.7 Å². The molecule has 1 aromatic heterocycles. The number of hydrogen-bond acceptors (Lipinski definition) is 12. The number of hydrogen-bond donors (Lipinski definition) is 4. The van der Waals surface area contributed by atoms with Crippen molar-refractivity contribution in [2.75, 3.05) is 45.7 Å². The van der Waals surface area contributed by atoms with Gasteiger partial charge in [0.05, 0.1) is 0 Å². The Kier molecular flexibility index (Phi) is 15.5. The number of fused-ring (bicyclic) bond motifs is 2. The van der Waals surface area contributed by atoms with E-state index in [2.05, 4.69) is 20.9 Å². The van der Waals surface area contributed by atoms with Crippen molar-refractivity contribution in [2.24, 2.45) is 5.92 Å². The highest BCUT2D eigenvalue weighted by Gasteiger charge is 2.43. The van der Waals surface area contributed by atoms with Crippen LogP contribution in [-0.4, -0.2) is 143 Å². The molecule has 6 rings (SSSR count). The highest BCUT2D eigenvalue weighted by atomic mass is 16.5. The molecule has 3 aliphatic rings. The smallest absolute Gasteiger partial charge is 0.333 e. The quantitative estimate of drug-likeness (QED) is 0.250. The summed E-state index contributed by atoms with van der Waals surface area (Å²) in [4.78, 5) is 123. The minimum Gasteiger partial charge on any atom is -0.505 e. The molecule has 346 valence electrons. The second-order valence-electron chi connectivity index (χ2n) is 17.0. The van der Waals surface area contributed by atoms with Gasteiger partial charge in [-0.2, -0.15) is 0 Å². The van der Waals surface area contributed by atoms with Crippen LogP contribution in [0.5, 0.6) is 5.75 Å². The molecule has 18 heteroatoms. The minimum atomic E-state index is -1.68. The molecule has 2 aromatic carbocycles. The van der Waals surface area contributed by atoms with Crippen molar-refractivity contribution in [1.82, 2.24) is 35.6 Å². The Balaban J connectivity index is 1.40. The summed E-state index contributed by atoms with van der Waals surface area (Å²) in [6, 6.07) is 11.9. The van der Waals surface area contributed by atoms with E-state index in [4.69, 9.17) is 4.74 Å². The fourth-order valence-electron chi connectivity index (χ4n) is 8.55. The summed E-state index contributed by atoms with van der Waals surface area (Å²) in [5.41, 5.74) is 1.65. The van der Waals surface area contributed by atoms with Crippen LogP contribution in [0.2, 0.25) is 0 Å². The monoisotopic (exact) mass is 894 g/mol. The van der Waals surface area contributed by atoms with Crippen LogP contribution in [0.3, 0.4) is 0 Å². The number of ether oxygens (including phenoxy) is 1. The summed E-state index contributed by atoms with van der Waals surface area (Å²) >= 11 is 0. The number of piperidine rings is 1. The largest absolute Gasteiger partial charge is 0.505 e. The van der Waals surface area contributed by atoms with Crippen LogP contribution in [0, 0.1) is 5.92 Å². The van der Waals surface area contributed by atoms with E-state index in [1.54, 1.807) is 44.3 Å². The van der Waals surface area contributed by atoms with Crippen LogP contribution >= 0.6 is 0 Å². The molecule has 7 unspecified atom stereocenters. The van der Waals surface area contributed by atoms with Gasteiger partial charge in [-0.25, -0.2) is 9.78 Å². The molecule has 65 heavy (non-hydrogen) atoms. The predicted octanol–water partition coefficient (Wildman–Crippen LogP) is 1.91. The van der Waals surface area contributed by atoms with E-state index in [-0.39, 0.29) is 69.0 Å². The van der Waals surface area contributed by atoms with Gasteiger partial charge in [0.15, 0.2) is 11.7 Å². The number of Topliss-reactive ketones (excluding diaryl/α,β-unsaturated/α-hetero) is 1. The molecule has 0 bridgehead atoms. The molecule has 4 heterocycles. The van der Waals surface area contributed by atoms with Crippen LogP contribution in [0.15, 0.2) is 72.9 Å². The number of rotatable bonds is 7. The SMILES string of the molecule is CCC1NC(=O)C(NC(=O)c2ncccc2O)C(C)OC(=O)C(c2ccccc2)NC(=O)C2CC(=O)CCN2C(=O)C(Cc2ccc(N(C)C)cc2)CCN(C)C(=O)C2CCCN2C1=O. The van der Waals surface area contributed by atoms with Gasteiger partial charge in [-0.1, -0.05) is 49.4 Å². The highest BCUT2D eigenvalue weighted by Crippen LogP contribution is 2.27. The number of amides is 6. The number of aromatic nitrogens is 1. The van der Waals surface area contributed by atoms with Gasteiger partial charge in [0, 0.05) is 71.4 Å². The Hall–Kier alpha value is -6.85. The molecule has 0 saturated carbocycles. The number of carbonyl (C=O) groups is 8. The molecular weight excluding hydrogens is 837 g/mol. The van der Waals surface area contributed by atoms with Crippen molar-refractivity contribution in [2.45, 2.75) is 95.1 Å². The maximum Gasteiger partial charge on any atom is 0.333 e. The Labute approximate surface area is 378 Å². The molecule has 18 nitrogen and oxygen atoms in total. The van der Waals surface area contributed by atoms with Gasteiger partial charge in [0.25, 0.3) is 5.91 Å². The number of benzene rings is 2. The second kappa shape index (κ2) is 21.2. The number of ketones is 1. The number of esters is 1. The van der Waals surface area contributed by atoms with Crippen molar-refractivity contribution in [1.29, 1.82) is 0 Å². The van der Waals surface area contributed by atoms with Crippen LogP contribution in [-0.2, 0) is 44.7 Å². The molecule has 7 atom stereocenters. The molecular formula is C47H58N8O10. The van der Waals surface area contributed by atoms with Crippen LogP contribution in [0.25, 0.3) is 0 Å². The first-order chi connectivity index (χ1) is 31.1. The van der Waals surface area contributed by atoms with E-state index in [0.717, 1.165) is 11.3 Å². The molecule has 4 N–H and O–H groups in total. The Morgan fingerprint density at radius 3 is 2.23 bits per heavy atom. The fourth-order valence-corrected chi connectivity index (χ4v) is 8.55. The lowest BCUT2D eigenvalue weighted by molar-refractivity contribution is -0.156. The fraction of sp³-hybridized carbons (Fsp3) is 0.468. The summed E-state index contributed by atoms with van der Waals surface area (Å²) in [6.45, 7) is 3.31. The summed E-state index contributed by atoms with van der Waals surface area (Å²) in [5, 5.41) is 18.3. The van der Waals surface area contributed by atoms with Crippen LogP contribution in [0.4, 0.5) is 5.69 Å². The maximum atomic E-state index is 14.8. The lowest BCUT2D eigenvalue weighted by Crippen LogP contribution is -2.59. The van der Waals surface area contributed by atoms with Crippen molar-refractivity contribution < 1.29 is 48.2 Å². The normalized spacial score (nSPS) is 25.4. The molecule has 0 spiro atoms. The van der Waals surface area contributed by atoms with E-state index in [1.807, 2.05) is 43.3 Å². The standard InChI is InChI=1S/C47H58N8O10/c1-6-34-45(62)54-23-11-14-35(54)46(63)53(5)24-20-31(26-29-16-18-32(19-17-29)52(3)4)44(61)55-25-21-33(56)27-36(55)41(58)51-39(30-12-8-7-9-13-30)47(64)65-28(2)38(42(59)49-34)50-43(60)40-37(57)15-10-22-48-40/h7-10,12-13,15-19,22,28,31,34-36,38-39,57H,6,11,14,20-21,23-27H2,1-5H3,(H,49,59)(H,50,60)(H,51,58). The van der Waals surface area contributed by atoms with Gasteiger partial charge in [0.2, 0.25) is 29.5 Å². The lowest BCUT2D eigenvalue weighted by Gasteiger charge is -2.37. The van der Waals surface area contributed by atoms with E-state index in [9.17, 15) is 43.5 Å². The van der Waals surface area contributed by atoms with E-state index < -0.39 is 89.2 Å². The zero-order chi connectivity index (χ0) is 46.9. The van der Waals surface area contributed by atoms with E-state index in [1.165, 1.54) is 40.0 Å². The van der Waals surface area contributed by atoms with Gasteiger partial charge < -0.3 is 45.4 Å². The third-order valence-corrected chi connectivity index (χ3v) is 12.3. The number of cyclic esters (lactones) is 1. The molecule has 6 amide bonds. The molecule has 3 fully saturated rings. The van der Waals surface area contributed by atoms with Gasteiger partial charge in [-0.05, 0) is 74.4 Å². The van der Waals surface area contributed by atoms with E-state index >= 15 is 0 Å². The van der Waals surface area contributed by atoms with Crippen molar-refractivity contribution in [3.63, 3.8) is 0 Å². The number of anilines is 1. The molecule has 3 saturated heterocycles. The van der Waals surface area contributed by atoms with Crippen molar-refractivity contribution in [3.8, 4) is 5.75 Å². The predicted molar refractivity (Wildman–Crippen MR) is 237 cm³/mol. The summed E-state index contributed by atoms with van der Waals surface area (Å²) in [7, 11) is 5.44. The van der Waals surface area contributed by atoms with Gasteiger partial charge in [-0.3, -0.25) is 33.6 Å². The zero-order valence-corrected chi connectivity index (χ0v) is 37.4. The average molecular weight is 895 g/mol. The Bertz CT molecular complexity index is 2260. The molecule has 3 aliphatic heterocycles. The number of aromatic hydroxyl groups is 1. The molecule has 0 aliphatic carbocycles. The zero-order valence-electron chi connectivity index (χ0n) is 37.4. The average Bonchev–Trinajstić information content (AvgIpc) is 3.80. The first-order valence-corrected chi connectivity index (χ1v) is 22.0. The maximum absolute atomic E-state index is 14.8.